The number of halogens is 2. The molecule has 2 rings (SSSR count). The van der Waals surface area contributed by atoms with E-state index in [9.17, 15) is 5.11 Å². The lowest BCUT2D eigenvalue weighted by atomic mass is 10.1. The van der Waals surface area contributed by atoms with E-state index in [1.165, 1.54) is 0 Å². The Morgan fingerprint density at radius 1 is 1.50 bits per heavy atom. The quantitative estimate of drug-likeness (QED) is 0.747. The third kappa shape index (κ3) is 1.18. The number of aliphatic hydroxyl groups is 1. The van der Waals surface area contributed by atoms with Crippen LogP contribution in [0.4, 0.5) is 0 Å². The molecule has 1 aromatic carbocycles. The largest absolute Gasteiger partial charge is 0.388 e. The standard InChI is InChI=1S/C9H8BrClO/c10-9-6-2-4-8(12)5(6)1-3-7(9)11/h1,3,8,12H,2,4H2/t8-/m0/s1. The molecule has 0 fully saturated rings. The van der Waals surface area contributed by atoms with E-state index in [1.807, 2.05) is 12.1 Å². The Hall–Kier alpha value is -0.0500. The van der Waals surface area contributed by atoms with E-state index >= 15 is 0 Å². The molecule has 1 nitrogen and oxygen atoms in total. The molecule has 0 bridgehead atoms. The Labute approximate surface area is 84.5 Å². The van der Waals surface area contributed by atoms with Crippen molar-refractivity contribution in [3.63, 3.8) is 0 Å². The molecule has 0 saturated heterocycles. The topological polar surface area (TPSA) is 20.2 Å². The minimum atomic E-state index is -0.298. The number of aliphatic hydroxyl groups excluding tert-OH is 1. The summed E-state index contributed by atoms with van der Waals surface area (Å²) in [7, 11) is 0. The van der Waals surface area contributed by atoms with Crippen molar-refractivity contribution in [1.82, 2.24) is 0 Å². The monoisotopic (exact) mass is 246 g/mol. The van der Waals surface area contributed by atoms with Crippen LogP contribution in [0.2, 0.25) is 5.02 Å². The van der Waals surface area contributed by atoms with E-state index in [-0.39, 0.29) is 6.10 Å². The zero-order valence-electron chi connectivity index (χ0n) is 6.35. The molecule has 3 heteroatoms. The lowest BCUT2D eigenvalue weighted by Crippen LogP contribution is -1.90. The van der Waals surface area contributed by atoms with Crippen molar-refractivity contribution >= 4 is 27.5 Å². The minimum Gasteiger partial charge on any atom is -0.388 e. The molecule has 0 unspecified atom stereocenters. The highest BCUT2D eigenvalue weighted by atomic mass is 79.9. The Morgan fingerprint density at radius 2 is 2.25 bits per heavy atom. The van der Waals surface area contributed by atoms with Crippen molar-refractivity contribution in [3.05, 3.63) is 32.8 Å². The van der Waals surface area contributed by atoms with Gasteiger partial charge in [0, 0.05) is 4.47 Å². The van der Waals surface area contributed by atoms with E-state index in [0.717, 1.165) is 33.5 Å². The van der Waals surface area contributed by atoms with Gasteiger partial charge in [-0.05, 0) is 46.0 Å². The maximum Gasteiger partial charge on any atom is 0.0796 e. The summed E-state index contributed by atoms with van der Waals surface area (Å²) in [5.41, 5.74) is 2.18. The summed E-state index contributed by atoms with van der Waals surface area (Å²) in [6.45, 7) is 0. The van der Waals surface area contributed by atoms with Crippen LogP contribution >= 0.6 is 27.5 Å². The molecule has 1 N–H and O–H groups in total. The fourth-order valence-electron chi connectivity index (χ4n) is 1.61. The van der Waals surface area contributed by atoms with Gasteiger partial charge in [0.1, 0.15) is 0 Å². The number of rotatable bonds is 0. The first kappa shape index (κ1) is 8.54. The zero-order valence-corrected chi connectivity index (χ0v) is 8.69. The molecule has 1 aliphatic rings. The number of fused-ring (bicyclic) bond motifs is 1. The van der Waals surface area contributed by atoms with Crippen molar-refractivity contribution in [2.24, 2.45) is 0 Å². The van der Waals surface area contributed by atoms with Crippen LogP contribution < -0.4 is 0 Å². The maximum absolute atomic E-state index is 9.53. The molecular weight excluding hydrogens is 239 g/mol. The van der Waals surface area contributed by atoms with Gasteiger partial charge in [-0.15, -0.1) is 0 Å². The molecule has 0 radical (unpaired) electrons. The Balaban J connectivity index is 2.60. The number of hydrogen-bond acceptors (Lipinski definition) is 1. The highest BCUT2D eigenvalue weighted by Gasteiger charge is 2.22. The van der Waals surface area contributed by atoms with Crippen molar-refractivity contribution < 1.29 is 5.11 Å². The summed E-state index contributed by atoms with van der Waals surface area (Å²) in [4.78, 5) is 0. The Morgan fingerprint density at radius 3 is 3.00 bits per heavy atom. The average Bonchev–Trinajstić information content (AvgIpc) is 2.41. The Bertz CT molecular complexity index is 325. The van der Waals surface area contributed by atoms with Gasteiger partial charge in [0.2, 0.25) is 0 Å². The molecule has 1 aliphatic carbocycles. The van der Waals surface area contributed by atoms with Crippen LogP contribution in [-0.4, -0.2) is 5.11 Å². The molecule has 64 valence electrons. The molecule has 0 amide bonds. The normalized spacial score (nSPS) is 21.1. The van der Waals surface area contributed by atoms with Crippen LogP contribution in [0.25, 0.3) is 0 Å². The fraction of sp³-hybridized carbons (Fsp3) is 0.333. The first-order valence-corrected chi connectivity index (χ1v) is 5.02. The molecule has 1 aromatic rings. The van der Waals surface area contributed by atoms with Gasteiger partial charge in [-0.1, -0.05) is 17.7 Å². The molecule has 0 saturated carbocycles. The first-order valence-electron chi connectivity index (χ1n) is 3.85. The summed E-state index contributed by atoms with van der Waals surface area (Å²) in [6.07, 6.45) is 1.43. The first-order chi connectivity index (χ1) is 5.70. The van der Waals surface area contributed by atoms with Gasteiger partial charge in [0.25, 0.3) is 0 Å². The molecule has 12 heavy (non-hydrogen) atoms. The van der Waals surface area contributed by atoms with Crippen molar-refractivity contribution in [3.8, 4) is 0 Å². The van der Waals surface area contributed by atoms with E-state index in [1.54, 1.807) is 0 Å². The van der Waals surface area contributed by atoms with Gasteiger partial charge in [-0.25, -0.2) is 0 Å². The van der Waals surface area contributed by atoms with E-state index in [4.69, 9.17) is 11.6 Å². The number of benzene rings is 1. The van der Waals surface area contributed by atoms with Gasteiger partial charge in [-0.2, -0.15) is 0 Å². The highest BCUT2D eigenvalue weighted by Crippen LogP contribution is 2.38. The smallest absolute Gasteiger partial charge is 0.0796 e. The van der Waals surface area contributed by atoms with Crippen LogP contribution in [-0.2, 0) is 6.42 Å². The van der Waals surface area contributed by atoms with Gasteiger partial charge in [0.05, 0.1) is 11.1 Å². The second kappa shape index (κ2) is 3.02. The maximum atomic E-state index is 9.53. The molecular formula is C9H8BrClO. The summed E-state index contributed by atoms with van der Waals surface area (Å²) < 4.78 is 0.943. The summed E-state index contributed by atoms with van der Waals surface area (Å²) in [5, 5.41) is 10.3. The predicted molar refractivity (Wildman–Crippen MR) is 52.4 cm³/mol. The molecule has 0 heterocycles. The van der Waals surface area contributed by atoms with Crippen LogP contribution in [0.1, 0.15) is 23.7 Å². The third-order valence-corrected chi connectivity index (χ3v) is 3.71. The second-order valence-corrected chi connectivity index (χ2v) is 4.18. The molecule has 0 aromatic heterocycles. The summed E-state index contributed by atoms with van der Waals surface area (Å²) in [5.74, 6) is 0. The minimum absolute atomic E-state index is 0.298. The van der Waals surface area contributed by atoms with Gasteiger partial charge in [0.15, 0.2) is 0 Å². The fourth-order valence-corrected chi connectivity index (χ4v) is 2.35. The summed E-state index contributed by atoms with van der Waals surface area (Å²) in [6, 6.07) is 3.72. The molecule has 1 atom stereocenters. The second-order valence-electron chi connectivity index (χ2n) is 2.98. The number of hydrogen-bond donors (Lipinski definition) is 1. The van der Waals surface area contributed by atoms with E-state index < -0.39 is 0 Å². The zero-order chi connectivity index (χ0) is 8.72. The van der Waals surface area contributed by atoms with Crippen LogP contribution in [0.15, 0.2) is 16.6 Å². The molecule has 0 spiro atoms. The van der Waals surface area contributed by atoms with Crippen LogP contribution in [0.5, 0.6) is 0 Å². The SMILES string of the molecule is O[C@H]1CCc2c1ccc(Cl)c2Br. The average molecular weight is 248 g/mol. The van der Waals surface area contributed by atoms with Crippen molar-refractivity contribution in [2.45, 2.75) is 18.9 Å². The van der Waals surface area contributed by atoms with Crippen LogP contribution in [0, 0.1) is 0 Å². The van der Waals surface area contributed by atoms with Gasteiger partial charge >= 0.3 is 0 Å². The van der Waals surface area contributed by atoms with Gasteiger partial charge in [-0.3, -0.25) is 0 Å². The van der Waals surface area contributed by atoms with Crippen molar-refractivity contribution in [1.29, 1.82) is 0 Å². The van der Waals surface area contributed by atoms with Crippen LogP contribution in [0.3, 0.4) is 0 Å². The lowest BCUT2D eigenvalue weighted by Gasteiger charge is -2.05. The lowest BCUT2D eigenvalue weighted by molar-refractivity contribution is 0.180. The van der Waals surface area contributed by atoms with Gasteiger partial charge < -0.3 is 5.11 Å². The van der Waals surface area contributed by atoms with Crippen molar-refractivity contribution in [2.75, 3.05) is 0 Å². The Kier molecular flexibility index (Phi) is 2.15. The predicted octanol–water partition coefficient (Wildman–Crippen LogP) is 3.08. The highest BCUT2D eigenvalue weighted by molar-refractivity contribution is 9.10. The summed E-state index contributed by atoms with van der Waals surface area (Å²) >= 11 is 9.33. The van der Waals surface area contributed by atoms with E-state index in [0.29, 0.717) is 0 Å². The molecule has 0 aliphatic heterocycles. The van der Waals surface area contributed by atoms with E-state index in [2.05, 4.69) is 15.9 Å². The third-order valence-electron chi connectivity index (χ3n) is 2.26.